The van der Waals surface area contributed by atoms with E-state index in [0.29, 0.717) is 31.8 Å². The Bertz CT molecular complexity index is 888. The van der Waals surface area contributed by atoms with Crippen LogP contribution in [0.1, 0.15) is 38.9 Å². The van der Waals surface area contributed by atoms with Gasteiger partial charge in [-0.2, -0.15) is 5.10 Å². The van der Waals surface area contributed by atoms with Crippen LogP contribution < -0.4 is 16.4 Å². The molecule has 0 radical (unpaired) electrons. The van der Waals surface area contributed by atoms with Crippen molar-refractivity contribution in [3.05, 3.63) is 51.1 Å². The third kappa shape index (κ3) is 4.96. The van der Waals surface area contributed by atoms with E-state index in [-0.39, 0.29) is 29.6 Å². The Kier molecular flexibility index (Phi) is 5.93. The van der Waals surface area contributed by atoms with Gasteiger partial charge >= 0.3 is 5.69 Å². The van der Waals surface area contributed by atoms with Crippen molar-refractivity contribution in [2.45, 2.75) is 65.2 Å². The van der Waals surface area contributed by atoms with E-state index in [1.165, 1.54) is 12.1 Å². The van der Waals surface area contributed by atoms with Crippen LogP contribution in [-0.2, 0) is 30.8 Å². The Morgan fingerprint density at radius 3 is 2.70 bits per heavy atom. The zero-order valence-corrected chi connectivity index (χ0v) is 15.9. The zero-order valence-electron chi connectivity index (χ0n) is 15.9. The largest absolute Gasteiger partial charge is 0.352 e. The molecule has 1 aliphatic heterocycles. The second-order valence-corrected chi connectivity index (χ2v) is 7.55. The molecule has 8 heteroatoms. The minimum atomic E-state index is -0.0995. The van der Waals surface area contributed by atoms with Crippen LogP contribution in [0.25, 0.3) is 0 Å². The first-order valence-electron chi connectivity index (χ1n) is 9.54. The van der Waals surface area contributed by atoms with Crippen molar-refractivity contribution < 1.29 is 4.79 Å². The van der Waals surface area contributed by atoms with Crippen molar-refractivity contribution in [1.82, 2.24) is 24.2 Å². The SMILES string of the molecule is CC(C)CCn1nc2n(c1=O)CCC(NC(=O)Cn1ccc(=O)cc1)CC2. The molecule has 1 unspecified atom stereocenters. The van der Waals surface area contributed by atoms with Crippen LogP contribution in [-0.4, -0.2) is 30.9 Å². The van der Waals surface area contributed by atoms with Gasteiger partial charge in [0.05, 0.1) is 0 Å². The molecule has 0 saturated carbocycles. The van der Waals surface area contributed by atoms with Gasteiger partial charge in [0.1, 0.15) is 12.4 Å². The van der Waals surface area contributed by atoms with E-state index >= 15 is 0 Å². The van der Waals surface area contributed by atoms with E-state index in [9.17, 15) is 14.4 Å². The number of pyridine rings is 1. The summed E-state index contributed by atoms with van der Waals surface area (Å²) < 4.78 is 4.99. The number of aryl methyl sites for hydroxylation is 2. The Morgan fingerprint density at radius 1 is 1.26 bits per heavy atom. The highest BCUT2D eigenvalue weighted by Gasteiger charge is 2.22. The van der Waals surface area contributed by atoms with Gasteiger partial charge in [0.15, 0.2) is 5.43 Å². The normalized spacial score (nSPS) is 16.8. The number of aromatic nitrogens is 4. The van der Waals surface area contributed by atoms with Crippen molar-refractivity contribution in [3.63, 3.8) is 0 Å². The summed E-state index contributed by atoms with van der Waals surface area (Å²) in [4.78, 5) is 35.9. The lowest BCUT2D eigenvalue weighted by molar-refractivity contribution is -0.122. The second-order valence-electron chi connectivity index (χ2n) is 7.55. The van der Waals surface area contributed by atoms with Gasteiger partial charge in [-0.05, 0) is 25.2 Å². The molecule has 0 saturated heterocycles. The summed E-state index contributed by atoms with van der Waals surface area (Å²) in [5.74, 6) is 1.24. The van der Waals surface area contributed by atoms with Crippen molar-refractivity contribution >= 4 is 5.91 Å². The van der Waals surface area contributed by atoms with Crippen LogP contribution in [0.4, 0.5) is 0 Å². The first-order chi connectivity index (χ1) is 12.9. The smallest absolute Gasteiger partial charge is 0.345 e. The quantitative estimate of drug-likeness (QED) is 0.810. The van der Waals surface area contributed by atoms with Crippen LogP contribution in [0, 0.1) is 5.92 Å². The highest BCUT2D eigenvalue weighted by atomic mass is 16.2. The maximum atomic E-state index is 12.5. The number of hydrogen-bond donors (Lipinski definition) is 1. The van der Waals surface area contributed by atoms with Gasteiger partial charge in [-0.1, -0.05) is 13.8 Å². The molecule has 0 fully saturated rings. The van der Waals surface area contributed by atoms with Gasteiger partial charge in [-0.25, -0.2) is 9.48 Å². The van der Waals surface area contributed by atoms with Gasteiger partial charge < -0.3 is 9.88 Å². The van der Waals surface area contributed by atoms with Crippen LogP contribution in [0.5, 0.6) is 0 Å². The summed E-state index contributed by atoms with van der Waals surface area (Å²) >= 11 is 0. The summed E-state index contributed by atoms with van der Waals surface area (Å²) in [5.41, 5.74) is -0.130. The monoisotopic (exact) mass is 373 g/mol. The molecule has 2 aromatic heterocycles. The summed E-state index contributed by atoms with van der Waals surface area (Å²) in [6, 6.07) is 2.88. The molecular formula is C19H27N5O3. The molecule has 1 aliphatic rings. The van der Waals surface area contributed by atoms with Gasteiger partial charge in [0.2, 0.25) is 5.91 Å². The molecule has 8 nitrogen and oxygen atoms in total. The van der Waals surface area contributed by atoms with E-state index in [0.717, 1.165) is 18.7 Å². The molecule has 3 heterocycles. The molecule has 27 heavy (non-hydrogen) atoms. The highest BCUT2D eigenvalue weighted by Crippen LogP contribution is 2.12. The lowest BCUT2D eigenvalue weighted by Crippen LogP contribution is -2.37. The lowest BCUT2D eigenvalue weighted by Gasteiger charge is -2.16. The predicted octanol–water partition coefficient (Wildman–Crippen LogP) is 0.774. The first kappa shape index (κ1) is 19.1. The fourth-order valence-corrected chi connectivity index (χ4v) is 3.29. The molecule has 1 N–H and O–H groups in total. The summed E-state index contributed by atoms with van der Waals surface area (Å²) in [6.45, 7) is 5.65. The maximum Gasteiger partial charge on any atom is 0.345 e. The maximum absolute atomic E-state index is 12.5. The third-order valence-electron chi connectivity index (χ3n) is 4.89. The molecule has 0 aliphatic carbocycles. The Balaban J connectivity index is 1.57. The first-order valence-corrected chi connectivity index (χ1v) is 9.54. The number of carbonyl (C=O) groups is 1. The number of nitrogens with zero attached hydrogens (tertiary/aromatic N) is 4. The molecule has 1 atom stereocenters. The molecule has 146 valence electrons. The molecule has 2 aromatic rings. The standard InChI is InChI=1S/C19H27N5O3/c1-14(2)5-12-24-19(27)23-11-6-15(3-4-17(23)21-24)20-18(26)13-22-9-7-16(25)8-10-22/h7-10,14-15H,3-6,11-13H2,1-2H3,(H,20,26). The molecular weight excluding hydrogens is 346 g/mol. The second kappa shape index (κ2) is 8.37. The van der Waals surface area contributed by atoms with Gasteiger partial charge in [-0.3, -0.25) is 14.2 Å². The number of rotatable bonds is 6. The number of carbonyl (C=O) groups excluding carboxylic acids is 1. The van der Waals surface area contributed by atoms with E-state index in [1.54, 1.807) is 26.2 Å². The zero-order chi connectivity index (χ0) is 19.4. The van der Waals surface area contributed by atoms with Crippen LogP contribution in [0.15, 0.2) is 34.1 Å². The summed E-state index contributed by atoms with van der Waals surface area (Å²) in [5, 5.41) is 7.53. The Labute approximate surface area is 157 Å². The molecule has 1 amide bonds. The van der Waals surface area contributed by atoms with Gasteiger partial charge in [-0.15, -0.1) is 0 Å². The van der Waals surface area contributed by atoms with E-state index in [2.05, 4.69) is 24.3 Å². The van der Waals surface area contributed by atoms with E-state index in [4.69, 9.17) is 0 Å². The third-order valence-corrected chi connectivity index (χ3v) is 4.89. The number of hydrogen-bond acceptors (Lipinski definition) is 4. The minimum Gasteiger partial charge on any atom is -0.352 e. The van der Waals surface area contributed by atoms with Crippen molar-refractivity contribution in [2.75, 3.05) is 0 Å². The van der Waals surface area contributed by atoms with Crippen LogP contribution in [0.3, 0.4) is 0 Å². The average molecular weight is 373 g/mol. The van der Waals surface area contributed by atoms with Crippen LogP contribution >= 0.6 is 0 Å². The molecule has 0 aromatic carbocycles. The fourth-order valence-electron chi connectivity index (χ4n) is 3.29. The topological polar surface area (TPSA) is 90.9 Å². The Hall–Kier alpha value is -2.64. The Morgan fingerprint density at radius 2 is 2.00 bits per heavy atom. The van der Waals surface area contributed by atoms with Crippen molar-refractivity contribution in [2.24, 2.45) is 5.92 Å². The van der Waals surface area contributed by atoms with E-state index in [1.807, 2.05) is 0 Å². The fraction of sp³-hybridized carbons (Fsp3) is 0.579. The summed E-state index contributed by atoms with van der Waals surface area (Å²) in [7, 11) is 0. The number of amides is 1. The van der Waals surface area contributed by atoms with Crippen molar-refractivity contribution in [1.29, 1.82) is 0 Å². The molecule has 0 bridgehead atoms. The minimum absolute atomic E-state index is 0.0158. The van der Waals surface area contributed by atoms with Gasteiger partial charge in [0.25, 0.3) is 0 Å². The highest BCUT2D eigenvalue weighted by molar-refractivity contribution is 5.76. The summed E-state index contributed by atoms with van der Waals surface area (Å²) in [6.07, 6.45) is 6.27. The van der Waals surface area contributed by atoms with Crippen LogP contribution in [0.2, 0.25) is 0 Å². The number of fused-ring (bicyclic) bond motifs is 1. The average Bonchev–Trinajstić information content (AvgIpc) is 2.79. The number of nitrogens with one attached hydrogen (secondary N) is 1. The predicted molar refractivity (Wildman–Crippen MR) is 102 cm³/mol. The molecule has 3 rings (SSSR count). The van der Waals surface area contributed by atoms with Crippen molar-refractivity contribution in [3.8, 4) is 0 Å². The van der Waals surface area contributed by atoms with E-state index < -0.39 is 0 Å². The molecule has 0 spiro atoms. The van der Waals surface area contributed by atoms with Gasteiger partial charge in [0, 0.05) is 50.1 Å². The lowest BCUT2D eigenvalue weighted by atomic mass is 10.1.